The smallest absolute Gasteiger partial charge is 0.0596 e. The summed E-state index contributed by atoms with van der Waals surface area (Å²) in [4.78, 5) is 2.45. The summed E-state index contributed by atoms with van der Waals surface area (Å²) in [7, 11) is 1.98. The molecule has 0 radical (unpaired) electrons. The van der Waals surface area contributed by atoms with Crippen LogP contribution in [-0.2, 0) is 18.2 Å². The minimum absolute atomic E-state index is 0.0310. The van der Waals surface area contributed by atoms with E-state index in [4.69, 9.17) is 10.6 Å². The molecule has 1 unspecified atom stereocenters. The van der Waals surface area contributed by atoms with Crippen LogP contribution in [0.25, 0.3) is 0 Å². The third-order valence-electron chi connectivity index (χ3n) is 4.39. The van der Waals surface area contributed by atoms with E-state index in [1.54, 1.807) is 0 Å². The van der Waals surface area contributed by atoms with Crippen LogP contribution in [0.15, 0.2) is 6.07 Å². The molecule has 2 rings (SSSR count). The van der Waals surface area contributed by atoms with Gasteiger partial charge >= 0.3 is 0 Å². The van der Waals surface area contributed by atoms with Gasteiger partial charge in [-0.05, 0) is 26.8 Å². The molecule has 6 nitrogen and oxygen atoms in total. The van der Waals surface area contributed by atoms with E-state index >= 15 is 0 Å². The molecule has 1 fully saturated rings. The van der Waals surface area contributed by atoms with E-state index in [1.165, 1.54) is 5.69 Å². The summed E-state index contributed by atoms with van der Waals surface area (Å²) in [6, 6.07) is 2.29. The Kier molecular flexibility index (Phi) is 4.80. The van der Waals surface area contributed by atoms with E-state index < -0.39 is 0 Å². The Morgan fingerprint density at radius 1 is 1.45 bits per heavy atom. The lowest BCUT2D eigenvalue weighted by molar-refractivity contribution is -0.0234. The number of morpholine rings is 1. The summed E-state index contributed by atoms with van der Waals surface area (Å²) < 4.78 is 7.38. The van der Waals surface area contributed by atoms with Gasteiger partial charge in [0.1, 0.15) is 0 Å². The van der Waals surface area contributed by atoms with Crippen molar-refractivity contribution in [1.82, 2.24) is 20.1 Å². The number of hydrazine groups is 1. The van der Waals surface area contributed by atoms with Crippen molar-refractivity contribution in [1.29, 1.82) is 0 Å². The second-order valence-electron chi connectivity index (χ2n) is 6.08. The molecule has 0 aromatic carbocycles. The van der Waals surface area contributed by atoms with Gasteiger partial charge in [0.2, 0.25) is 0 Å². The standard InChI is InChI=1S/C14H27N5O/c1-11-9-12(18(4)17-11)10-13(16-15)14(2,3)19-5-7-20-8-6-19/h9,13,16H,5-8,10,15H2,1-4H3. The van der Waals surface area contributed by atoms with E-state index in [9.17, 15) is 0 Å². The van der Waals surface area contributed by atoms with Crippen LogP contribution in [-0.4, -0.2) is 52.6 Å². The van der Waals surface area contributed by atoms with Gasteiger partial charge in [0.25, 0.3) is 0 Å². The number of nitrogens with one attached hydrogen (secondary N) is 1. The first-order valence-corrected chi connectivity index (χ1v) is 7.23. The summed E-state index contributed by atoms with van der Waals surface area (Å²) in [6.45, 7) is 10.0. The first kappa shape index (κ1) is 15.4. The van der Waals surface area contributed by atoms with Gasteiger partial charge in [0.05, 0.1) is 18.9 Å². The minimum atomic E-state index is -0.0310. The fourth-order valence-corrected chi connectivity index (χ4v) is 2.94. The summed E-state index contributed by atoms with van der Waals surface area (Å²) in [5, 5.41) is 4.41. The summed E-state index contributed by atoms with van der Waals surface area (Å²) in [5.74, 6) is 5.83. The maximum atomic E-state index is 5.83. The summed E-state index contributed by atoms with van der Waals surface area (Å²) in [6.07, 6.45) is 0.859. The average Bonchev–Trinajstić information content (AvgIpc) is 2.75. The van der Waals surface area contributed by atoms with Crippen LogP contribution in [0.4, 0.5) is 0 Å². The summed E-state index contributed by atoms with van der Waals surface area (Å²) in [5.41, 5.74) is 5.21. The van der Waals surface area contributed by atoms with Crippen molar-refractivity contribution in [3.63, 3.8) is 0 Å². The number of aryl methyl sites for hydroxylation is 2. The fourth-order valence-electron chi connectivity index (χ4n) is 2.94. The lowest BCUT2D eigenvalue weighted by Crippen LogP contribution is -2.62. The number of ether oxygens (including phenoxy) is 1. The molecule has 1 aromatic rings. The third-order valence-corrected chi connectivity index (χ3v) is 4.39. The molecular weight excluding hydrogens is 254 g/mol. The highest BCUT2D eigenvalue weighted by molar-refractivity contribution is 5.12. The first-order valence-electron chi connectivity index (χ1n) is 7.23. The normalized spacial score (nSPS) is 19.2. The largest absolute Gasteiger partial charge is 0.379 e. The highest BCUT2D eigenvalue weighted by atomic mass is 16.5. The Balaban J connectivity index is 2.11. The third kappa shape index (κ3) is 3.20. The molecule has 1 saturated heterocycles. The molecule has 20 heavy (non-hydrogen) atoms. The number of rotatable bonds is 5. The monoisotopic (exact) mass is 281 g/mol. The lowest BCUT2D eigenvalue weighted by Gasteiger charge is -2.45. The van der Waals surface area contributed by atoms with E-state index in [-0.39, 0.29) is 11.6 Å². The van der Waals surface area contributed by atoms with Crippen molar-refractivity contribution < 1.29 is 4.74 Å². The Labute approximate surface area is 121 Å². The zero-order valence-electron chi connectivity index (χ0n) is 13.0. The topological polar surface area (TPSA) is 68.3 Å². The molecule has 6 heteroatoms. The summed E-state index contributed by atoms with van der Waals surface area (Å²) >= 11 is 0. The molecule has 0 spiro atoms. The molecule has 1 aliphatic rings. The van der Waals surface area contributed by atoms with Crippen LogP contribution in [0, 0.1) is 6.92 Å². The number of nitrogens with two attached hydrogens (primary N) is 1. The predicted octanol–water partition coefficient (Wildman–Crippen LogP) is 0.214. The van der Waals surface area contributed by atoms with E-state index in [1.807, 2.05) is 18.7 Å². The number of nitrogens with zero attached hydrogens (tertiary/aromatic N) is 3. The Hall–Kier alpha value is -0.950. The Morgan fingerprint density at radius 3 is 2.60 bits per heavy atom. The fraction of sp³-hybridized carbons (Fsp3) is 0.786. The maximum Gasteiger partial charge on any atom is 0.0596 e. The Bertz CT molecular complexity index is 437. The van der Waals surface area contributed by atoms with Gasteiger partial charge in [0, 0.05) is 43.8 Å². The van der Waals surface area contributed by atoms with Crippen molar-refractivity contribution in [3.8, 4) is 0 Å². The Morgan fingerprint density at radius 2 is 2.10 bits per heavy atom. The molecule has 1 aliphatic heterocycles. The van der Waals surface area contributed by atoms with Crippen molar-refractivity contribution >= 4 is 0 Å². The molecule has 1 atom stereocenters. The van der Waals surface area contributed by atoms with Crippen molar-refractivity contribution in [2.24, 2.45) is 12.9 Å². The van der Waals surface area contributed by atoms with Crippen LogP contribution in [0.5, 0.6) is 0 Å². The molecule has 1 aromatic heterocycles. The molecule has 2 heterocycles. The van der Waals surface area contributed by atoms with Gasteiger partial charge in [-0.1, -0.05) is 0 Å². The number of aromatic nitrogens is 2. The predicted molar refractivity (Wildman–Crippen MR) is 79.2 cm³/mol. The van der Waals surface area contributed by atoms with Gasteiger partial charge in [-0.3, -0.25) is 20.9 Å². The van der Waals surface area contributed by atoms with Crippen molar-refractivity contribution in [2.75, 3.05) is 26.3 Å². The minimum Gasteiger partial charge on any atom is -0.379 e. The van der Waals surface area contributed by atoms with Gasteiger partial charge in [-0.2, -0.15) is 5.10 Å². The van der Waals surface area contributed by atoms with Crippen LogP contribution < -0.4 is 11.3 Å². The molecule has 3 N–H and O–H groups in total. The van der Waals surface area contributed by atoms with E-state index in [2.05, 4.69) is 35.3 Å². The molecule has 0 amide bonds. The van der Waals surface area contributed by atoms with Crippen LogP contribution >= 0.6 is 0 Å². The van der Waals surface area contributed by atoms with Gasteiger partial charge in [0.15, 0.2) is 0 Å². The molecule has 114 valence electrons. The molecular formula is C14H27N5O. The highest BCUT2D eigenvalue weighted by Gasteiger charge is 2.36. The lowest BCUT2D eigenvalue weighted by atomic mass is 9.89. The van der Waals surface area contributed by atoms with Crippen LogP contribution in [0.2, 0.25) is 0 Å². The molecule has 0 bridgehead atoms. The zero-order chi connectivity index (χ0) is 14.8. The van der Waals surface area contributed by atoms with E-state index in [0.29, 0.717) is 0 Å². The van der Waals surface area contributed by atoms with Crippen LogP contribution in [0.3, 0.4) is 0 Å². The second kappa shape index (κ2) is 6.22. The van der Waals surface area contributed by atoms with Gasteiger partial charge < -0.3 is 4.74 Å². The first-order chi connectivity index (χ1) is 9.45. The SMILES string of the molecule is Cc1cc(CC(NN)C(C)(C)N2CCOCC2)n(C)n1. The maximum absolute atomic E-state index is 5.83. The number of hydrogen-bond acceptors (Lipinski definition) is 5. The van der Waals surface area contributed by atoms with Gasteiger partial charge in [-0.15, -0.1) is 0 Å². The van der Waals surface area contributed by atoms with Crippen molar-refractivity contribution in [2.45, 2.75) is 38.8 Å². The zero-order valence-corrected chi connectivity index (χ0v) is 13.0. The van der Waals surface area contributed by atoms with E-state index in [0.717, 1.165) is 38.4 Å². The quantitative estimate of drug-likeness (QED) is 0.597. The molecule has 0 aliphatic carbocycles. The molecule has 0 saturated carbocycles. The highest BCUT2D eigenvalue weighted by Crippen LogP contribution is 2.23. The van der Waals surface area contributed by atoms with Crippen LogP contribution in [0.1, 0.15) is 25.2 Å². The average molecular weight is 281 g/mol. The van der Waals surface area contributed by atoms with Crippen molar-refractivity contribution in [3.05, 3.63) is 17.5 Å². The number of hydrogen-bond donors (Lipinski definition) is 2. The second-order valence-corrected chi connectivity index (χ2v) is 6.08. The van der Waals surface area contributed by atoms with Gasteiger partial charge in [-0.25, -0.2) is 0 Å².